The molecule has 2 rings (SSSR count). The van der Waals surface area contributed by atoms with Gasteiger partial charge in [-0.25, -0.2) is 9.18 Å². The predicted octanol–water partition coefficient (Wildman–Crippen LogP) is 1.29. The van der Waals surface area contributed by atoms with Gasteiger partial charge in [-0.15, -0.1) is 0 Å². The Labute approximate surface area is 103 Å². The van der Waals surface area contributed by atoms with Crippen LogP contribution < -0.4 is 11.2 Å². The molecule has 0 saturated carbocycles. The SMILES string of the molecule is CCc1cn(Cc2ccccc2F)c(=O)[nH]c1=O. The number of aryl methyl sites for hydroxylation is 1. The van der Waals surface area contributed by atoms with Crippen molar-refractivity contribution in [1.82, 2.24) is 9.55 Å². The van der Waals surface area contributed by atoms with Gasteiger partial charge in [0.05, 0.1) is 6.54 Å². The van der Waals surface area contributed by atoms with Gasteiger partial charge in [0.15, 0.2) is 0 Å². The van der Waals surface area contributed by atoms with Crippen molar-refractivity contribution >= 4 is 0 Å². The van der Waals surface area contributed by atoms with Gasteiger partial charge in [-0.05, 0) is 12.5 Å². The van der Waals surface area contributed by atoms with Crippen LogP contribution >= 0.6 is 0 Å². The van der Waals surface area contributed by atoms with Gasteiger partial charge in [0.1, 0.15) is 5.82 Å². The third-order valence-corrected chi connectivity index (χ3v) is 2.76. The fourth-order valence-electron chi connectivity index (χ4n) is 1.73. The lowest BCUT2D eigenvalue weighted by molar-refractivity contribution is 0.591. The number of benzene rings is 1. The second kappa shape index (κ2) is 5.00. The Bertz CT molecular complexity index is 673. The molecule has 2 aromatic rings. The smallest absolute Gasteiger partial charge is 0.296 e. The zero-order valence-electron chi connectivity index (χ0n) is 9.94. The van der Waals surface area contributed by atoms with E-state index in [2.05, 4.69) is 4.98 Å². The van der Waals surface area contributed by atoms with Crippen molar-refractivity contribution in [2.24, 2.45) is 0 Å². The van der Waals surface area contributed by atoms with E-state index in [0.29, 0.717) is 17.5 Å². The Morgan fingerprint density at radius 1 is 1.22 bits per heavy atom. The molecule has 18 heavy (non-hydrogen) atoms. The average molecular weight is 248 g/mol. The predicted molar refractivity (Wildman–Crippen MR) is 66.2 cm³/mol. The Kier molecular flexibility index (Phi) is 3.41. The number of aromatic amines is 1. The average Bonchev–Trinajstić information content (AvgIpc) is 2.35. The zero-order valence-corrected chi connectivity index (χ0v) is 9.94. The first-order valence-electron chi connectivity index (χ1n) is 5.68. The maximum atomic E-state index is 13.5. The van der Waals surface area contributed by atoms with Crippen molar-refractivity contribution in [3.63, 3.8) is 0 Å². The second-order valence-electron chi connectivity index (χ2n) is 3.99. The molecule has 0 amide bonds. The Hall–Kier alpha value is -2.17. The molecule has 5 heteroatoms. The van der Waals surface area contributed by atoms with E-state index in [1.807, 2.05) is 6.92 Å². The molecule has 0 radical (unpaired) electrons. The number of halogens is 1. The highest BCUT2D eigenvalue weighted by Crippen LogP contribution is 2.07. The van der Waals surface area contributed by atoms with Crippen LogP contribution in [0.4, 0.5) is 4.39 Å². The van der Waals surface area contributed by atoms with Crippen LogP contribution in [0.15, 0.2) is 40.1 Å². The van der Waals surface area contributed by atoms with Crippen LogP contribution in [-0.2, 0) is 13.0 Å². The largest absolute Gasteiger partial charge is 0.328 e. The molecule has 0 bridgehead atoms. The molecule has 94 valence electrons. The summed E-state index contributed by atoms with van der Waals surface area (Å²) >= 11 is 0. The van der Waals surface area contributed by atoms with Crippen LogP contribution in [0.5, 0.6) is 0 Å². The number of nitrogens with zero attached hydrogens (tertiary/aromatic N) is 1. The van der Waals surface area contributed by atoms with Gasteiger partial charge >= 0.3 is 5.69 Å². The van der Waals surface area contributed by atoms with Crippen LogP contribution in [0.2, 0.25) is 0 Å². The summed E-state index contributed by atoms with van der Waals surface area (Å²) in [6.45, 7) is 1.93. The van der Waals surface area contributed by atoms with E-state index in [1.165, 1.54) is 16.8 Å². The third kappa shape index (κ3) is 2.40. The number of aromatic nitrogens is 2. The first-order chi connectivity index (χ1) is 8.61. The number of hydrogen-bond donors (Lipinski definition) is 1. The quantitative estimate of drug-likeness (QED) is 0.889. The summed E-state index contributed by atoms with van der Waals surface area (Å²) in [6.07, 6.45) is 2.00. The van der Waals surface area contributed by atoms with Crippen LogP contribution in [0, 0.1) is 5.82 Å². The molecule has 4 nitrogen and oxygen atoms in total. The number of hydrogen-bond acceptors (Lipinski definition) is 2. The van der Waals surface area contributed by atoms with Crippen molar-refractivity contribution in [1.29, 1.82) is 0 Å². The van der Waals surface area contributed by atoms with Crippen molar-refractivity contribution in [2.45, 2.75) is 19.9 Å². The first-order valence-corrected chi connectivity index (χ1v) is 5.68. The molecule has 0 saturated heterocycles. The maximum absolute atomic E-state index is 13.5. The molecule has 0 fully saturated rings. The maximum Gasteiger partial charge on any atom is 0.328 e. The van der Waals surface area contributed by atoms with Gasteiger partial charge in [0.2, 0.25) is 0 Å². The van der Waals surface area contributed by atoms with Crippen LogP contribution in [-0.4, -0.2) is 9.55 Å². The molecule has 0 aliphatic heterocycles. The molecule has 0 aliphatic carbocycles. The molecular weight excluding hydrogens is 235 g/mol. The van der Waals surface area contributed by atoms with E-state index in [-0.39, 0.29) is 17.9 Å². The topological polar surface area (TPSA) is 54.9 Å². The summed E-state index contributed by atoms with van der Waals surface area (Å²) in [5.41, 5.74) is 0.00683. The van der Waals surface area contributed by atoms with Gasteiger partial charge in [-0.1, -0.05) is 25.1 Å². The summed E-state index contributed by atoms with van der Waals surface area (Å²) in [7, 11) is 0. The lowest BCUT2D eigenvalue weighted by atomic mass is 10.2. The van der Waals surface area contributed by atoms with Gasteiger partial charge in [-0.3, -0.25) is 14.3 Å². The zero-order chi connectivity index (χ0) is 13.1. The number of H-pyrrole nitrogens is 1. The summed E-state index contributed by atoms with van der Waals surface area (Å²) in [5, 5.41) is 0. The molecule has 1 heterocycles. The van der Waals surface area contributed by atoms with Gasteiger partial charge < -0.3 is 0 Å². The van der Waals surface area contributed by atoms with E-state index >= 15 is 0 Å². The van der Waals surface area contributed by atoms with Gasteiger partial charge in [0, 0.05) is 17.3 Å². The molecular formula is C13H13FN2O2. The number of nitrogens with one attached hydrogen (secondary N) is 1. The van der Waals surface area contributed by atoms with E-state index in [1.54, 1.807) is 18.2 Å². The lowest BCUT2D eigenvalue weighted by Gasteiger charge is -2.07. The second-order valence-corrected chi connectivity index (χ2v) is 3.99. The molecule has 1 aromatic heterocycles. The Balaban J connectivity index is 2.44. The highest BCUT2D eigenvalue weighted by atomic mass is 19.1. The van der Waals surface area contributed by atoms with Gasteiger partial charge in [-0.2, -0.15) is 0 Å². The summed E-state index contributed by atoms with van der Waals surface area (Å²) in [4.78, 5) is 25.2. The third-order valence-electron chi connectivity index (χ3n) is 2.76. The molecule has 1 N–H and O–H groups in total. The highest BCUT2D eigenvalue weighted by molar-refractivity contribution is 5.18. The molecule has 1 aromatic carbocycles. The summed E-state index contributed by atoms with van der Waals surface area (Å²) in [5.74, 6) is -0.367. The fraction of sp³-hybridized carbons (Fsp3) is 0.231. The van der Waals surface area contributed by atoms with E-state index in [4.69, 9.17) is 0 Å². The van der Waals surface area contributed by atoms with Crippen molar-refractivity contribution < 1.29 is 4.39 Å². The summed E-state index contributed by atoms with van der Waals surface area (Å²) in [6, 6.07) is 6.24. The molecule has 0 unspecified atom stereocenters. The van der Waals surface area contributed by atoms with Crippen molar-refractivity contribution in [3.05, 3.63) is 68.2 Å². The van der Waals surface area contributed by atoms with E-state index < -0.39 is 5.69 Å². The van der Waals surface area contributed by atoms with Crippen molar-refractivity contribution in [2.75, 3.05) is 0 Å². The monoisotopic (exact) mass is 248 g/mol. The molecule has 0 atom stereocenters. The minimum Gasteiger partial charge on any atom is -0.296 e. The summed E-state index contributed by atoms with van der Waals surface area (Å²) < 4.78 is 14.8. The van der Waals surface area contributed by atoms with E-state index in [9.17, 15) is 14.0 Å². The van der Waals surface area contributed by atoms with Crippen LogP contribution in [0.1, 0.15) is 18.1 Å². The Morgan fingerprint density at radius 2 is 1.94 bits per heavy atom. The van der Waals surface area contributed by atoms with Crippen molar-refractivity contribution in [3.8, 4) is 0 Å². The van der Waals surface area contributed by atoms with Crippen LogP contribution in [0.3, 0.4) is 0 Å². The first kappa shape index (κ1) is 12.3. The number of rotatable bonds is 3. The lowest BCUT2D eigenvalue weighted by Crippen LogP contribution is -2.32. The fourth-order valence-corrected chi connectivity index (χ4v) is 1.73. The standard InChI is InChI=1S/C13H13FN2O2/c1-2-9-7-16(13(18)15-12(9)17)8-10-5-3-4-6-11(10)14/h3-7H,2,8H2,1H3,(H,15,17,18). The van der Waals surface area contributed by atoms with Crippen LogP contribution in [0.25, 0.3) is 0 Å². The van der Waals surface area contributed by atoms with Gasteiger partial charge in [0.25, 0.3) is 5.56 Å². The molecule has 0 spiro atoms. The highest BCUT2D eigenvalue weighted by Gasteiger charge is 2.06. The minimum absolute atomic E-state index is 0.106. The minimum atomic E-state index is -0.527. The normalized spacial score (nSPS) is 10.6. The molecule has 0 aliphatic rings. The van der Waals surface area contributed by atoms with E-state index in [0.717, 1.165) is 0 Å². The Morgan fingerprint density at radius 3 is 2.61 bits per heavy atom.